The third-order valence-corrected chi connectivity index (χ3v) is 2.50. The second-order valence-electron chi connectivity index (χ2n) is 3.48. The lowest BCUT2D eigenvalue weighted by molar-refractivity contribution is -0.147. The van der Waals surface area contributed by atoms with Crippen LogP contribution in [0.4, 0.5) is 0 Å². The Morgan fingerprint density at radius 2 is 2.47 bits per heavy atom. The summed E-state index contributed by atoms with van der Waals surface area (Å²) >= 11 is 0. The number of hydrogen-bond donors (Lipinski definition) is 1. The first-order valence-corrected chi connectivity index (χ1v) is 4.81. The second-order valence-corrected chi connectivity index (χ2v) is 3.48. The highest BCUT2D eigenvalue weighted by Crippen LogP contribution is 2.29. The van der Waals surface area contributed by atoms with Gasteiger partial charge in [-0.2, -0.15) is 0 Å². The molecule has 0 saturated heterocycles. The van der Waals surface area contributed by atoms with Gasteiger partial charge in [-0.1, -0.05) is 12.1 Å². The van der Waals surface area contributed by atoms with E-state index in [9.17, 15) is 4.79 Å². The fraction of sp³-hybridized carbons (Fsp3) is 0.364. The molecule has 4 heteroatoms. The van der Waals surface area contributed by atoms with Crippen LogP contribution < -0.4 is 10.5 Å². The molecule has 80 valence electrons. The number of carbonyl (C=O) groups excluding carboxylic acids is 1. The van der Waals surface area contributed by atoms with Gasteiger partial charge in [-0.05, 0) is 17.2 Å². The molecule has 1 aliphatic rings. The van der Waals surface area contributed by atoms with E-state index in [-0.39, 0.29) is 5.97 Å². The third kappa shape index (κ3) is 1.80. The molecule has 1 aromatic carbocycles. The Bertz CT molecular complexity index is 389. The molecular formula is C11H13NO3. The van der Waals surface area contributed by atoms with Crippen LogP contribution in [0.3, 0.4) is 0 Å². The molecule has 0 aliphatic carbocycles. The Morgan fingerprint density at radius 3 is 3.13 bits per heavy atom. The van der Waals surface area contributed by atoms with Crippen molar-refractivity contribution < 1.29 is 14.3 Å². The van der Waals surface area contributed by atoms with E-state index in [1.54, 1.807) is 0 Å². The molecule has 0 bridgehead atoms. The topological polar surface area (TPSA) is 61.5 Å². The molecule has 0 spiro atoms. The zero-order valence-electron chi connectivity index (χ0n) is 8.53. The molecule has 0 fully saturated rings. The summed E-state index contributed by atoms with van der Waals surface area (Å²) in [4.78, 5) is 11.3. The molecule has 4 nitrogen and oxygen atoms in total. The summed E-state index contributed by atoms with van der Waals surface area (Å²) in [5.74, 6) is 0.420. The summed E-state index contributed by atoms with van der Waals surface area (Å²) in [6, 6.07) is 5.72. The Balaban J connectivity index is 2.20. The van der Waals surface area contributed by atoms with E-state index in [4.69, 9.17) is 10.5 Å². The number of carbonyl (C=O) groups is 1. The molecule has 0 amide bonds. The average Bonchev–Trinajstić information content (AvgIpc) is 2.70. The summed E-state index contributed by atoms with van der Waals surface area (Å²) in [5, 5.41) is 0. The Morgan fingerprint density at radius 1 is 1.67 bits per heavy atom. The minimum Gasteiger partial charge on any atom is -0.478 e. The number of rotatable bonds is 2. The number of methoxy groups -OCH3 is 1. The standard InChI is InChI=1S/C11H13NO3/c1-14-11(13)10-5-8-4-7(6-12)2-3-9(8)15-10/h2-4,10H,5-6,12H2,1H3/t10-/m0/s1. The van der Waals surface area contributed by atoms with Crippen LogP contribution in [0.15, 0.2) is 18.2 Å². The predicted octanol–water partition coefficient (Wildman–Crippen LogP) is 0.622. The zero-order chi connectivity index (χ0) is 10.8. The molecule has 0 saturated carbocycles. The van der Waals surface area contributed by atoms with Gasteiger partial charge >= 0.3 is 5.97 Å². The van der Waals surface area contributed by atoms with Crippen molar-refractivity contribution in [1.29, 1.82) is 0 Å². The summed E-state index contributed by atoms with van der Waals surface area (Å²) in [7, 11) is 1.36. The molecule has 2 rings (SSSR count). The van der Waals surface area contributed by atoms with Gasteiger partial charge in [-0.3, -0.25) is 0 Å². The SMILES string of the molecule is COC(=O)[C@@H]1Cc2cc(CN)ccc2O1. The quantitative estimate of drug-likeness (QED) is 0.722. The van der Waals surface area contributed by atoms with Crippen LogP contribution in [0.2, 0.25) is 0 Å². The smallest absolute Gasteiger partial charge is 0.347 e. The van der Waals surface area contributed by atoms with Gasteiger partial charge < -0.3 is 15.2 Å². The minimum atomic E-state index is -0.502. The number of ether oxygens (including phenoxy) is 2. The van der Waals surface area contributed by atoms with Crippen molar-refractivity contribution >= 4 is 5.97 Å². The normalized spacial score (nSPS) is 18.1. The summed E-state index contributed by atoms with van der Waals surface area (Å²) in [6.07, 6.45) is 0.0635. The zero-order valence-corrected chi connectivity index (χ0v) is 8.53. The van der Waals surface area contributed by atoms with Gasteiger partial charge in [0.15, 0.2) is 6.10 Å². The van der Waals surface area contributed by atoms with E-state index in [0.29, 0.717) is 13.0 Å². The van der Waals surface area contributed by atoms with Gasteiger partial charge in [-0.15, -0.1) is 0 Å². The van der Waals surface area contributed by atoms with Crippen LogP contribution in [0.25, 0.3) is 0 Å². The van der Waals surface area contributed by atoms with Crippen LogP contribution in [-0.4, -0.2) is 19.2 Å². The Hall–Kier alpha value is -1.55. The van der Waals surface area contributed by atoms with Crippen LogP contribution in [0.5, 0.6) is 5.75 Å². The number of hydrogen-bond acceptors (Lipinski definition) is 4. The van der Waals surface area contributed by atoms with E-state index in [1.165, 1.54) is 7.11 Å². The largest absolute Gasteiger partial charge is 0.478 e. The predicted molar refractivity (Wildman–Crippen MR) is 54.5 cm³/mol. The summed E-state index contributed by atoms with van der Waals surface area (Å²) in [6.45, 7) is 0.496. The Kier molecular flexibility index (Phi) is 2.60. The van der Waals surface area contributed by atoms with Crippen molar-refractivity contribution in [2.24, 2.45) is 5.73 Å². The fourth-order valence-electron chi connectivity index (χ4n) is 1.69. The van der Waals surface area contributed by atoms with Crippen LogP contribution in [0, 0.1) is 0 Å². The summed E-state index contributed by atoms with van der Waals surface area (Å²) < 4.78 is 10.1. The molecule has 1 atom stereocenters. The second kappa shape index (κ2) is 3.90. The van der Waals surface area contributed by atoms with Gasteiger partial charge in [0.2, 0.25) is 0 Å². The molecular weight excluding hydrogens is 194 g/mol. The minimum absolute atomic E-state index is 0.333. The van der Waals surface area contributed by atoms with E-state index in [2.05, 4.69) is 4.74 Å². The lowest BCUT2D eigenvalue weighted by Crippen LogP contribution is -2.26. The van der Waals surface area contributed by atoms with E-state index in [1.807, 2.05) is 18.2 Å². The average molecular weight is 207 g/mol. The van der Waals surface area contributed by atoms with E-state index in [0.717, 1.165) is 16.9 Å². The highest BCUT2D eigenvalue weighted by atomic mass is 16.6. The number of fused-ring (bicyclic) bond motifs is 1. The molecule has 15 heavy (non-hydrogen) atoms. The molecule has 1 aromatic rings. The fourth-order valence-corrected chi connectivity index (χ4v) is 1.69. The highest BCUT2D eigenvalue weighted by Gasteiger charge is 2.29. The van der Waals surface area contributed by atoms with Crippen molar-refractivity contribution in [1.82, 2.24) is 0 Å². The molecule has 0 unspecified atom stereocenters. The van der Waals surface area contributed by atoms with Gasteiger partial charge in [0, 0.05) is 13.0 Å². The van der Waals surface area contributed by atoms with Crippen LogP contribution in [-0.2, 0) is 22.5 Å². The number of nitrogens with two attached hydrogens (primary N) is 1. The van der Waals surface area contributed by atoms with Crippen molar-refractivity contribution in [3.05, 3.63) is 29.3 Å². The maximum absolute atomic E-state index is 11.3. The van der Waals surface area contributed by atoms with Gasteiger partial charge in [0.1, 0.15) is 5.75 Å². The third-order valence-electron chi connectivity index (χ3n) is 2.50. The van der Waals surface area contributed by atoms with Crippen LogP contribution in [0.1, 0.15) is 11.1 Å². The summed E-state index contributed by atoms with van der Waals surface area (Å²) in [5.41, 5.74) is 7.60. The van der Waals surface area contributed by atoms with Crippen molar-refractivity contribution in [2.75, 3.05) is 7.11 Å². The van der Waals surface area contributed by atoms with Crippen molar-refractivity contribution in [2.45, 2.75) is 19.1 Å². The highest BCUT2D eigenvalue weighted by molar-refractivity contribution is 5.76. The maximum Gasteiger partial charge on any atom is 0.347 e. The van der Waals surface area contributed by atoms with Crippen molar-refractivity contribution in [3.63, 3.8) is 0 Å². The van der Waals surface area contributed by atoms with Crippen molar-refractivity contribution in [3.8, 4) is 5.75 Å². The van der Waals surface area contributed by atoms with Gasteiger partial charge in [0.05, 0.1) is 7.11 Å². The first kappa shape index (κ1) is 9.98. The number of esters is 1. The van der Waals surface area contributed by atoms with Gasteiger partial charge in [0.25, 0.3) is 0 Å². The molecule has 0 radical (unpaired) electrons. The van der Waals surface area contributed by atoms with Gasteiger partial charge in [-0.25, -0.2) is 4.79 Å². The Labute approximate surface area is 88.0 Å². The molecule has 1 aliphatic heterocycles. The number of benzene rings is 1. The molecule has 2 N–H and O–H groups in total. The van der Waals surface area contributed by atoms with Crippen LogP contribution >= 0.6 is 0 Å². The first-order chi connectivity index (χ1) is 7.24. The van der Waals surface area contributed by atoms with E-state index >= 15 is 0 Å². The molecule has 0 aromatic heterocycles. The first-order valence-electron chi connectivity index (χ1n) is 4.81. The lowest BCUT2D eigenvalue weighted by atomic mass is 10.1. The molecule has 1 heterocycles. The lowest BCUT2D eigenvalue weighted by Gasteiger charge is -2.06. The monoisotopic (exact) mass is 207 g/mol. The maximum atomic E-state index is 11.3. The van der Waals surface area contributed by atoms with E-state index < -0.39 is 6.10 Å².